The molecule has 0 saturated heterocycles. The van der Waals surface area contributed by atoms with Crippen LogP contribution in [0.4, 0.5) is 5.69 Å². The highest BCUT2D eigenvalue weighted by Gasteiger charge is 2.64. The van der Waals surface area contributed by atoms with Gasteiger partial charge >= 0.3 is 0 Å². The first-order valence-electron chi connectivity index (χ1n) is 15.0. The summed E-state index contributed by atoms with van der Waals surface area (Å²) in [5, 5.41) is 46.0. The number of Topliss-reactive ketones (excluding diaryl/α,β-unsaturated/α-hetero) is 2. The Morgan fingerprint density at radius 1 is 1.07 bits per heavy atom. The van der Waals surface area contributed by atoms with E-state index in [2.05, 4.69) is 0 Å². The van der Waals surface area contributed by atoms with Gasteiger partial charge in [-0.25, -0.2) is 0 Å². The summed E-state index contributed by atoms with van der Waals surface area (Å²) < 4.78 is 0. The summed E-state index contributed by atoms with van der Waals surface area (Å²) in [6.45, 7) is 0. The number of aliphatic hydroxyl groups is 3. The van der Waals surface area contributed by atoms with Crippen molar-refractivity contribution < 1.29 is 34.8 Å². The Hall–Kier alpha value is -3.37. The van der Waals surface area contributed by atoms with Gasteiger partial charge < -0.3 is 31.1 Å². The highest BCUT2D eigenvalue weighted by atomic mass is 16.3. The number of fused-ring (bicyclic) bond motifs is 3. The average molecular weight is 582 g/mol. The normalized spacial score (nSPS) is 28.1. The predicted octanol–water partition coefficient (Wildman–Crippen LogP) is 2.93. The van der Waals surface area contributed by atoms with Crippen molar-refractivity contribution in [3.63, 3.8) is 0 Å². The third-order valence-electron chi connectivity index (χ3n) is 10.0. The standard InChI is InChI=1S/C32H43N3O7/c1-34(2)21-15-17(12-8-11-16-9-6-5-7-10-16)26(36)23-19(21)13-18-14-20-25(35(3)4)28(38)24(31(33)41)30(40)32(20,42)29(39)22(18)27(23)37/h15-16,18,20,25,36-37,40,42H,5-14H2,1-4H3,(H2,33,41)/t18-,20-,25-,32-/m1/s1. The lowest BCUT2D eigenvalue weighted by molar-refractivity contribution is -0.153. The van der Waals surface area contributed by atoms with Crippen molar-refractivity contribution in [2.45, 2.75) is 75.9 Å². The van der Waals surface area contributed by atoms with Gasteiger partial charge in [-0.05, 0) is 68.8 Å². The second kappa shape index (κ2) is 11.0. The van der Waals surface area contributed by atoms with Crippen molar-refractivity contribution in [3.8, 4) is 5.75 Å². The summed E-state index contributed by atoms with van der Waals surface area (Å²) in [6.07, 6.45) is 9.20. The third-order valence-corrected chi connectivity index (χ3v) is 10.0. The first-order chi connectivity index (χ1) is 19.8. The molecular weight excluding hydrogens is 538 g/mol. The first kappa shape index (κ1) is 30.1. The fraction of sp³-hybridized carbons (Fsp3) is 0.594. The number of aromatic hydroxyl groups is 1. The monoisotopic (exact) mass is 581 g/mol. The van der Waals surface area contributed by atoms with Crippen molar-refractivity contribution in [1.82, 2.24) is 4.90 Å². The molecule has 0 aromatic heterocycles. The van der Waals surface area contributed by atoms with Crippen molar-refractivity contribution in [1.29, 1.82) is 0 Å². The molecule has 1 amide bonds. The summed E-state index contributed by atoms with van der Waals surface area (Å²) in [4.78, 5) is 43.0. The number of rotatable bonds is 7. The van der Waals surface area contributed by atoms with Crippen molar-refractivity contribution in [3.05, 3.63) is 39.7 Å². The van der Waals surface area contributed by atoms with E-state index in [0.29, 0.717) is 23.5 Å². The molecule has 0 radical (unpaired) electrons. The molecule has 2 saturated carbocycles. The number of ketones is 2. The molecule has 1 aromatic carbocycles. The molecule has 0 heterocycles. The van der Waals surface area contributed by atoms with Gasteiger partial charge in [-0.15, -0.1) is 0 Å². The number of nitrogens with two attached hydrogens (primary N) is 1. The zero-order chi connectivity index (χ0) is 30.7. The van der Waals surface area contributed by atoms with E-state index in [1.54, 1.807) is 14.1 Å². The van der Waals surface area contributed by atoms with Gasteiger partial charge in [-0.2, -0.15) is 0 Å². The lowest BCUT2D eigenvalue weighted by Gasteiger charge is -2.50. The van der Waals surface area contributed by atoms with Gasteiger partial charge in [-0.1, -0.05) is 38.5 Å². The summed E-state index contributed by atoms with van der Waals surface area (Å²) in [7, 11) is 6.95. The molecule has 10 heteroatoms. The number of benzene rings is 1. The SMILES string of the molecule is CN(C)c1cc(CCCC2CCCCC2)c(O)c2c1C[C@@H]1C[C@@H]3[C@@H](N(C)C)C(=O)C(C(N)=O)=C(O)[C@]3(O)C(=O)C1=C2O. The number of anilines is 1. The van der Waals surface area contributed by atoms with Gasteiger partial charge in [0, 0.05) is 31.3 Å². The molecule has 5 rings (SSSR count). The number of aliphatic hydroxyl groups excluding tert-OH is 2. The zero-order valence-corrected chi connectivity index (χ0v) is 24.9. The van der Waals surface area contributed by atoms with E-state index < -0.39 is 58.0 Å². The van der Waals surface area contributed by atoms with Crippen molar-refractivity contribution in [2.24, 2.45) is 23.5 Å². The fourth-order valence-corrected chi connectivity index (χ4v) is 7.99. The zero-order valence-electron chi connectivity index (χ0n) is 24.9. The summed E-state index contributed by atoms with van der Waals surface area (Å²) >= 11 is 0. The topological polar surface area (TPSA) is 165 Å². The Bertz CT molecular complexity index is 1390. The van der Waals surface area contributed by atoms with E-state index in [1.807, 2.05) is 25.1 Å². The van der Waals surface area contributed by atoms with Crippen LogP contribution in [0.1, 0.15) is 68.1 Å². The maximum Gasteiger partial charge on any atom is 0.255 e. The molecule has 0 spiro atoms. The Morgan fingerprint density at radius 3 is 2.33 bits per heavy atom. The van der Waals surface area contributed by atoms with Crippen LogP contribution in [0.3, 0.4) is 0 Å². The van der Waals surface area contributed by atoms with Gasteiger partial charge in [0.05, 0.1) is 11.6 Å². The number of likely N-dealkylation sites (N-methyl/N-ethyl adjacent to an activating group) is 1. The van der Waals surface area contributed by atoms with E-state index in [0.717, 1.165) is 18.5 Å². The lowest BCUT2D eigenvalue weighted by atomic mass is 9.57. The van der Waals surface area contributed by atoms with Gasteiger partial charge in [0.2, 0.25) is 5.78 Å². The largest absolute Gasteiger partial charge is 0.508 e. The third kappa shape index (κ3) is 4.59. The number of hydrogen-bond acceptors (Lipinski definition) is 9. The number of hydrogen-bond donors (Lipinski definition) is 5. The van der Waals surface area contributed by atoms with Crippen LogP contribution in [-0.4, -0.2) is 82.6 Å². The Morgan fingerprint density at radius 2 is 1.74 bits per heavy atom. The van der Waals surface area contributed by atoms with Crippen molar-refractivity contribution >= 4 is 28.9 Å². The minimum atomic E-state index is -2.64. The van der Waals surface area contributed by atoms with Crippen LogP contribution >= 0.6 is 0 Å². The highest BCUT2D eigenvalue weighted by molar-refractivity contribution is 6.24. The fourth-order valence-electron chi connectivity index (χ4n) is 7.99. The summed E-state index contributed by atoms with van der Waals surface area (Å²) in [5.74, 6) is -5.60. The molecular formula is C32H43N3O7. The van der Waals surface area contributed by atoms with E-state index in [4.69, 9.17) is 5.73 Å². The number of carbonyl (C=O) groups excluding carboxylic acids is 3. The molecule has 0 aliphatic heterocycles. The second-order valence-corrected chi connectivity index (χ2v) is 13.0. The van der Waals surface area contributed by atoms with E-state index >= 15 is 0 Å². The Labute approximate surface area is 246 Å². The highest BCUT2D eigenvalue weighted by Crippen LogP contribution is 2.54. The average Bonchev–Trinajstić information content (AvgIpc) is 2.92. The van der Waals surface area contributed by atoms with Gasteiger partial charge in [0.1, 0.15) is 22.8 Å². The maximum absolute atomic E-state index is 14.1. The number of phenolic OH excluding ortho intramolecular Hbond substituents is 1. The molecule has 10 nitrogen and oxygen atoms in total. The number of phenols is 1. The molecule has 1 aromatic rings. The van der Waals surface area contributed by atoms with Crippen LogP contribution < -0.4 is 10.6 Å². The number of primary amides is 1. The minimum absolute atomic E-state index is 0.0720. The number of nitrogens with zero attached hydrogens (tertiary/aromatic N) is 2. The van der Waals surface area contributed by atoms with Crippen LogP contribution in [0.25, 0.3) is 5.76 Å². The number of amides is 1. The van der Waals surface area contributed by atoms with Crippen LogP contribution in [0.5, 0.6) is 5.75 Å². The molecule has 0 unspecified atom stereocenters. The van der Waals surface area contributed by atoms with Crippen LogP contribution in [-0.2, 0) is 27.2 Å². The van der Waals surface area contributed by atoms with Crippen LogP contribution in [0, 0.1) is 17.8 Å². The smallest absolute Gasteiger partial charge is 0.255 e. The van der Waals surface area contributed by atoms with Crippen molar-refractivity contribution in [2.75, 3.05) is 33.1 Å². The number of aryl methyl sites for hydroxylation is 1. The summed E-state index contributed by atoms with van der Waals surface area (Å²) in [6, 6.07) is 0.852. The second-order valence-electron chi connectivity index (χ2n) is 13.0. The lowest BCUT2D eigenvalue weighted by Crippen LogP contribution is -2.65. The number of carbonyl (C=O) groups is 3. The molecule has 4 aliphatic rings. The van der Waals surface area contributed by atoms with E-state index in [1.165, 1.54) is 37.0 Å². The quantitative estimate of drug-likeness (QED) is 0.305. The Kier molecular flexibility index (Phi) is 7.91. The molecule has 4 atom stereocenters. The maximum atomic E-state index is 14.1. The van der Waals surface area contributed by atoms with Crippen LogP contribution in [0.2, 0.25) is 0 Å². The molecule has 2 fully saturated rings. The predicted molar refractivity (Wildman–Crippen MR) is 158 cm³/mol. The molecule has 42 heavy (non-hydrogen) atoms. The molecule has 0 bridgehead atoms. The molecule has 228 valence electrons. The first-order valence-corrected chi connectivity index (χ1v) is 15.0. The molecule has 4 aliphatic carbocycles. The summed E-state index contributed by atoms with van der Waals surface area (Å²) in [5.41, 5.74) is 4.17. The van der Waals surface area contributed by atoms with Gasteiger partial charge in [-0.3, -0.25) is 19.3 Å². The minimum Gasteiger partial charge on any atom is -0.508 e. The van der Waals surface area contributed by atoms with E-state index in [9.17, 15) is 34.8 Å². The van der Waals surface area contributed by atoms with Gasteiger partial charge in [0.25, 0.3) is 5.91 Å². The van der Waals surface area contributed by atoms with Gasteiger partial charge in [0.15, 0.2) is 11.4 Å². The Balaban J connectivity index is 1.60. The molecule has 6 N–H and O–H groups in total. The van der Waals surface area contributed by atoms with E-state index in [-0.39, 0.29) is 29.7 Å². The van der Waals surface area contributed by atoms with Crippen LogP contribution in [0.15, 0.2) is 23.0 Å².